The second kappa shape index (κ2) is 6.01. The van der Waals surface area contributed by atoms with Crippen LogP contribution in [-0.4, -0.2) is 24.5 Å². The molecule has 0 saturated heterocycles. The number of rotatable bonds is 5. The number of hydrogen-bond donors (Lipinski definition) is 0. The van der Waals surface area contributed by atoms with Gasteiger partial charge in [0.25, 0.3) is 0 Å². The van der Waals surface area contributed by atoms with Crippen molar-refractivity contribution in [2.24, 2.45) is 0 Å². The van der Waals surface area contributed by atoms with Crippen molar-refractivity contribution in [2.75, 3.05) is 19.5 Å². The van der Waals surface area contributed by atoms with Crippen LogP contribution in [-0.2, 0) is 11.3 Å². The van der Waals surface area contributed by atoms with E-state index in [1.807, 2.05) is 13.1 Å². The fourth-order valence-corrected chi connectivity index (χ4v) is 1.87. The fraction of sp³-hybridized carbons (Fsp3) is 0.417. The van der Waals surface area contributed by atoms with Crippen molar-refractivity contribution in [1.29, 1.82) is 0 Å². The molecule has 0 unspecified atom stereocenters. The maximum atomic E-state index is 5.39. The number of allylic oxidation sites excluding steroid dienone is 1. The van der Waals surface area contributed by atoms with E-state index in [0.717, 1.165) is 28.1 Å². The second-order valence-corrected chi connectivity index (χ2v) is 4.01. The van der Waals surface area contributed by atoms with Crippen LogP contribution in [0.2, 0.25) is 0 Å². The van der Waals surface area contributed by atoms with Crippen molar-refractivity contribution < 1.29 is 9.47 Å². The number of methoxy groups -OCH3 is 2. The molecular formula is C12H16BrNO2. The summed E-state index contributed by atoms with van der Waals surface area (Å²) in [5.74, 6) is 0.777. The summed E-state index contributed by atoms with van der Waals surface area (Å²) in [4.78, 5) is 4.28. The summed E-state index contributed by atoms with van der Waals surface area (Å²) in [6, 6.07) is 0. The molecule has 1 aromatic rings. The van der Waals surface area contributed by atoms with Gasteiger partial charge in [-0.15, -0.1) is 0 Å². The van der Waals surface area contributed by atoms with Crippen LogP contribution in [0.3, 0.4) is 0 Å². The Morgan fingerprint density at radius 3 is 2.69 bits per heavy atom. The van der Waals surface area contributed by atoms with Gasteiger partial charge in [-0.2, -0.15) is 0 Å². The minimum atomic E-state index is 0.505. The summed E-state index contributed by atoms with van der Waals surface area (Å²) < 4.78 is 10.5. The maximum Gasteiger partial charge on any atom is 0.147 e. The van der Waals surface area contributed by atoms with E-state index in [0.29, 0.717) is 11.9 Å². The van der Waals surface area contributed by atoms with Crippen molar-refractivity contribution in [3.8, 4) is 5.75 Å². The molecule has 0 fully saturated rings. The van der Waals surface area contributed by atoms with Crippen molar-refractivity contribution in [2.45, 2.75) is 13.5 Å². The first-order valence-corrected chi connectivity index (χ1v) is 6.03. The quantitative estimate of drug-likeness (QED) is 0.780. The van der Waals surface area contributed by atoms with Crippen LogP contribution in [0.25, 0.3) is 5.57 Å². The van der Waals surface area contributed by atoms with Gasteiger partial charge < -0.3 is 9.47 Å². The van der Waals surface area contributed by atoms with Gasteiger partial charge in [-0.05, 0) is 12.5 Å². The van der Waals surface area contributed by atoms with Gasteiger partial charge in [-0.25, -0.2) is 0 Å². The van der Waals surface area contributed by atoms with Crippen LogP contribution in [0.15, 0.2) is 12.8 Å². The molecule has 16 heavy (non-hydrogen) atoms. The number of aryl methyl sites for hydroxylation is 1. The lowest BCUT2D eigenvalue weighted by Crippen LogP contribution is -2.03. The number of pyridine rings is 1. The van der Waals surface area contributed by atoms with Gasteiger partial charge in [0.15, 0.2) is 0 Å². The van der Waals surface area contributed by atoms with E-state index >= 15 is 0 Å². The summed E-state index contributed by atoms with van der Waals surface area (Å²) in [6.07, 6.45) is 1.81. The molecule has 4 heteroatoms. The third kappa shape index (κ3) is 2.62. The molecule has 0 aliphatic carbocycles. The molecular weight excluding hydrogens is 270 g/mol. The zero-order valence-corrected chi connectivity index (χ0v) is 11.4. The summed E-state index contributed by atoms with van der Waals surface area (Å²) in [6.45, 7) is 6.45. The third-order valence-corrected chi connectivity index (χ3v) is 2.99. The topological polar surface area (TPSA) is 31.4 Å². The first-order valence-electron chi connectivity index (χ1n) is 4.91. The molecule has 0 radical (unpaired) electrons. The highest BCUT2D eigenvalue weighted by atomic mass is 79.9. The van der Waals surface area contributed by atoms with Gasteiger partial charge in [0, 0.05) is 29.8 Å². The minimum absolute atomic E-state index is 0.505. The fourth-order valence-electron chi connectivity index (χ4n) is 1.59. The second-order valence-electron chi connectivity index (χ2n) is 3.45. The Balaban J connectivity index is 3.34. The molecule has 0 N–H and O–H groups in total. The van der Waals surface area contributed by atoms with E-state index < -0.39 is 0 Å². The van der Waals surface area contributed by atoms with Crippen LogP contribution >= 0.6 is 15.9 Å². The predicted octanol–water partition coefficient (Wildman–Crippen LogP) is 2.95. The number of nitrogens with zero attached hydrogens (tertiary/aromatic N) is 1. The largest absolute Gasteiger partial charge is 0.494 e. The highest BCUT2D eigenvalue weighted by Crippen LogP contribution is 2.31. The molecule has 0 spiro atoms. The summed E-state index contributed by atoms with van der Waals surface area (Å²) in [7, 11) is 3.30. The zero-order chi connectivity index (χ0) is 12.1. The molecule has 0 atom stereocenters. The van der Waals surface area contributed by atoms with Crippen LogP contribution in [0.1, 0.15) is 16.8 Å². The lowest BCUT2D eigenvalue weighted by molar-refractivity contribution is 0.184. The lowest BCUT2D eigenvalue weighted by atomic mass is 10.0. The standard InChI is InChI=1S/C12H16BrNO2/c1-8(5-13)11-10(7-15-3)6-14-9(2)12(11)16-4/h6H,1,5,7H2,2-4H3. The van der Waals surface area contributed by atoms with Crippen molar-refractivity contribution in [3.63, 3.8) is 0 Å². The molecule has 1 aromatic heterocycles. The zero-order valence-electron chi connectivity index (χ0n) is 9.84. The van der Waals surface area contributed by atoms with E-state index in [-0.39, 0.29) is 0 Å². The SMILES string of the molecule is C=C(CBr)c1c(COC)cnc(C)c1OC. The predicted molar refractivity (Wildman–Crippen MR) is 69.1 cm³/mol. The van der Waals surface area contributed by atoms with E-state index in [1.165, 1.54) is 0 Å². The average molecular weight is 286 g/mol. The average Bonchev–Trinajstić information content (AvgIpc) is 2.30. The van der Waals surface area contributed by atoms with Crippen LogP contribution in [0.5, 0.6) is 5.75 Å². The van der Waals surface area contributed by atoms with Crippen molar-refractivity contribution in [1.82, 2.24) is 4.98 Å². The molecule has 0 amide bonds. The van der Waals surface area contributed by atoms with Gasteiger partial charge in [0.05, 0.1) is 19.4 Å². The highest BCUT2D eigenvalue weighted by molar-refractivity contribution is 9.09. The Morgan fingerprint density at radius 2 is 2.19 bits per heavy atom. The smallest absolute Gasteiger partial charge is 0.147 e. The molecule has 3 nitrogen and oxygen atoms in total. The molecule has 1 heterocycles. The van der Waals surface area contributed by atoms with Crippen molar-refractivity contribution >= 4 is 21.5 Å². The monoisotopic (exact) mass is 285 g/mol. The summed E-state index contributed by atoms with van der Waals surface area (Å²) in [5, 5.41) is 0.698. The molecule has 1 rings (SSSR count). The molecule has 0 saturated carbocycles. The first kappa shape index (κ1) is 13.2. The normalized spacial score (nSPS) is 10.2. The Morgan fingerprint density at radius 1 is 1.50 bits per heavy atom. The first-order chi connectivity index (χ1) is 7.65. The van der Waals surface area contributed by atoms with E-state index in [9.17, 15) is 0 Å². The van der Waals surface area contributed by atoms with Gasteiger partial charge in [0.1, 0.15) is 5.75 Å². The molecule has 0 aliphatic heterocycles. The van der Waals surface area contributed by atoms with Gasteiger partial charge in [-0.1, -0.05) is 22.5 Å². The molecule has 0 aliphatic rings. The number of hydrogen-bond acceptors (Lipinski definition) is 3. The third-order valence-electron chi connectivity index (χ3n) is 2.31. The van der Waals surface area contributed by atoms with E-state index in [4.69, 9.17) is 9.47 Å². The van der Waals surface area contributed by atoms with Gasteiger partial charge in [0.2, 0.25) is 0 Å². The van der Waals surface area contributed by atoms with Crippen LogP contribution in [0.4, 0.5) is 0 Å². The molecule has 88 valence electrons. The number of ether oxygens (including phenoxy) is 2. The number of aromatic nitrogens is 1. The Hall–Kier alpha value is -0.870. The van der Waals surface area contributed by atoms with Crippen molar-refractivity contribution in [3.05, 3.63) is 29.6 Å². The Labute approximate surface area is 105 Å². The van der Waals surface area contributed by atoms with Crippen LogP contribution in [0, 0.1) is 6.92 Å². The van der Waals surface area contributed by atoms with Gasteiger partial charge in [-0.3, -0.25) is 4.98 Å². The maximum absolute atomic E-state index is 5.39. The molecule has 0 aromatic carbocycles. The number of halogens is 1. The van der Waals surface area contributed by atoms with E-state index in [2.05, 4.69) is 27.5 Å². The van der Waals surface area contributed by atoms with E-state index in [1.54, 1.807) is 14.2 Å². The Bertz CT molecular complexity index is 391. The summed E-state index contributed by atoms with van der Waals surface area (Å²) in [5.41, 5.74) is 3.82. The van der Waals surface area contributed by atoms with Gasteiger partial charge >= 0.3 is 0 Å². The summed E-state index contributed by atoms with van der Waals surface area (Å²) >= 11 is 3.41. The van der Waals surface area contributed by atoms with Crippen LogP contribution < -0.4 is 4.74 Å². The number of alkyl halides is 1. The Kier molecular flexibility index (Phi) is 4.96. The minimum Gasteiger partial charge on any atom is -0.494 e. The lowest BCUT2D eigenvalue weighted by Gasteiger charge is -2.15. The molecule has 0 bridgehead atoms. The highest BCUT2D eigenvalue weighted by Gasteiger charge is 2.15.